The van der Waals surface area contributed by atoms with Gasteiger partial charge in [0, 0.05) is 30.3 Å². The highest BCUT2D eigenvalue weighted by atomic mass is 35.5. The fraction of sp³-hybridized carbons (Fsp3) is 0.321. The van der Waals surface area contributed by atoms with Crippen molar-refractivity contribution in [2.75, 3.05) is 18.5 Å². The summed E-state index contributed by atoms with van der Waals surface area (Å²) in [6.45, 7) is 4.31. The molecule has 1 N–H and O–H groups in total. The molecule has 0 aliphatic carbocycles. The summed E-state index contributed by atoms with van der Waals surface area (Å²) in [6, 6.07) is 10.4. The number of carbonyl (C=O) groups excluding carboxylic acids is 2. The van der Waals surface area contributed by atoms with Gasteiger partial charge >= 0.3 is 0 Å². The topological polar surface area (TPSA) is 94.9 Å². The Kier molecular flexibility index (Phi) is 7.88. The van der Waals surface area contributed by atoms with Gasteiger partial charge in [-0.1, -0.05) is 29.8 Å². The zero-order valence-electron chi connectivity index (χ0n) is 21.8. The van der Waals surface area contributed by atoms with Crippen molar-refractivity contribution < 1.29 is 32.6 Å². The molecule has 2 aromatic carbocycles. The van der Waals surface area contributed by atoms with Crippen molar-refractivity contribution >= 4 is 29.2 Å². The van der Waals surface area contributed by atoms with Crippen LogP contribution in [0.1, 0.15) is 19.4 Å². The van der Waals surface area contributed by atoms with E-state index >= 15 is 0 Å². The fourth-order valence-corrected chi connectivity index (χ4v) is 4.75. The van der Waals surface area contributed by atoms with E-state index in [9.17, 15) is 18.4 Å². The molecule has 2 aliphatic heterocycles. The average Bonchev–Trinajstić information content (AvgIpc) is 3.58. The summed E-state index contributed by atoms with van der Waals surface area (Å²) < 4.78 is 47.9. The molecule has 0 radical (unpaired) electrons. The highest BCUT2D eigenvalue weighted by Crippen LogP contribution is 2.28. The molecular weight excluding hydrogens is 546 g/mol. The minimum Gasteiger partial charge on any atom is -0.458 e. The van der Waals surface area contributed by atoms with Gasteiger partial charge in [0.05, 0.1) is 24.7 Å². The van der Waals surface area contributed by atoms with Gasteiger partial charge in [-0.3, -0.25) is 14.3 Å². The van der Waals surface area contributed by atoms with Crippen molar-refractivity contribution in [2.24, 2.45) is 0 Å². The number of aromatic nitrogens is 2. The molecule has 9 nitrogen and oxygen atoms in total. The highest BCUT2D eigenvalue weighted by molar-refractivity contribution is 6.32. The smallest absolute Gasteiger partial charge is 0.251 e. The molecule has 1 saturated heterocycles. The Morgan fingerprint density at radius 3 is 2.65 bits per heavy atom. The standard InChI is InChI=1S/C28H27ClF2N4O5/c1-28(2)38-16-18(40-28)14-34-11-10-25(33-34)32-27(37)23(13-19-21(30)7-5-8-22(19)31)35-15-17(12-26(35)36)39-24-9-4-3-6-20(24)29/h3-12,18,23H,13-16H2,1-2H3,(H,32,33,37). The molecule has 210 valence electrons. The fourth-order valence-electron chi connectivity index (χ4n) is 4.57. The third-order valence-electron chi connectivity index (χ3n) is 6.46. The zero-order chi connectivity index (χ0) is 28.4. The number of halogens is 3. The minimum absolute atomic E-state index is 0.110. The summed E-state index contributed by atoms with van der Waals surface area (Å²) in [5.74, 6) is -2.79. The van der Waals surface area contributed by atoms with Crippen LogP contribution in [0.25, 0.3) is 0 Å². The Balaban J connectivity index is 1.33. The molecule has 0 spiro atoms. The molecule has 2 aliphatic rings. The molecule has 3 aromatic rings. The van der Waals surface area contributed by atoms with Crippen LogP contribution < -0.4 is 10.1 Å². The van der Waals surface area contributed by atoms with Crippen LogP contribution in [0, 0.1) is 11.6 Å². The van der Waals surface area contributed by atoms with E-state index in [2.05, 4.69) is 10.4 Å². The third kappa shape index (κ3) is 6.33. The van der Waals surface area contributed by atoms with Crippen LogP contribution >= 0.6 is 11.6 Å². The Bertz CT molecular complexity index is 1440. The lowest BCUT2D eigenvalue weighted by atomic mass is 10.0. The second kappa shape index (κ2) is 11.4. The molecule has 2 atom stereocenters. The first-order valence-corrected chi connectivity index (χ1v) is 13.0. The predicted octanol–water partition coefficient (Wildman–Crippen LogP) is 4.32. The summed E-state index contributed by atoms with van der Waals surface area (Å²) in [5, 5.41) is 7.36. The van der Waals surface area contributed by atoms with E-state index in [-0.39, 0.29) is 29.8 Å². The second-order valence-corrected chi connectivity index (χ2v) is 10.3. The molecule has 3 heterocycles. The SMILES string of the molecule is CC1(C)OCC(Cn2ccc(NC(=O)C(Cc3c(F)cccc3F)N3CC(Oc4ccccc4Cl)=CC3=O)n2)O1. The Morgan fingerprint density at radius 2 is 1.95 bits per heavy atom. The van der Waals surface area contributed by atoms with Gasteiger partial charge in [-0.2, -0.15) is 5.10 Å². The summed E-state index contributed by atoms with van der Waals surface area (Å²) in [4.78, 5) is 27.7. The number of ether oxygens (including phenoxy) is 3. The summed E-state index contributed by atoms with van der Waals surface area (Å²) in [5.41, 5.74) is -0.317. The maximum atomic E-state index is 14.6. The first kappa shape index (κ1) is 27.8. The van der Waals surface area contributed by atoms with Gasteiger partial charge in [-0.15, -0.1) is 0 Å². The van der Waals surface area contributed by atoms with E-state index in [4.69, 9.17) is 25.8 Å². The maximum absolute atomic E-state index is 14.6. The number of anilines is 1. The molecule has 5 rings (SSSR count). The van der Waals surface area contributed by atoms with Crippen molar-refractivity contribution in [1.29, 1.82) is 0 Å². The average molecular weight is 573 g/mol. The number of carbonyl (C=O) groups is 2. The molecule has 0 saturated carbocycles. The van der Waals surface area contributed by atoms with E-state index in [1.807, 2.05) is 13.8 Å². The molecule has 1 fully saturated rings. The van der Waals surface area contributed by atoms with Gasteiger partial charge in [-0.05, 0) is 38.1 Å². The quantitative estimate of drug-likeness (QED) is 0.410. The van der Waals surface area contributed by atoms with Gasteiger partial charge in [0.1, 0.15) is 35.3 Å². The summed E-state index contributed by atoms with van der Waals surface area (Å²) in [7, 11) is 0. The van der Waals surface area contributed by atoms with Crippen LogP contribution in [0.5, 0.6) is 5.75 Å². The zero-order valence-corrected chi connectivity index (χ0v) is 22.5. The number of para-hydroxylation sites is 1. The number of benzene rings is 2. The van der Waals surface area contributed by atoms with Gasteiger partial charge in [0.15, 0.2) is 11.6 Å². The van der Waals surface area contributed by atoms with E-state index < -0.39 is 41.7 Å². The highest BCUT2D eigenvalue weighted by Gasteiger charge is 2.36. The molecule has 0 bridgehead atoms. The maximum Gasteiger partial charge on any atom is 0.251 e. The van der Waals surface area contributed by atoms with Crippen molar-refractivity contribution in [2.45, 2.75) is 44.7 Å². The number of nitrogens with zero attached hydrogens (tertiary/aromatic N) is 3. The van der Waals surface area contributed by atoms with Crippen LogP contribution in [-0.2, 0) is 32.0 Å². The second-order valence-electron chi connectivity index (χ2n) is 9.89. The minimum atomic E-state index is -1.28. The van der Waals surface area contributed by atoms with Crippen molar-refractivity contribution in [3.05, 3.63) is 88.8 Å². The first-order chi connectivity index (χ1) is 19.1. The molecule has 1 aromatic heterocycles. The van der Waals surface area contributed by atoms with Gasteiger partial charge < -0.3 is 24.4 Å². The number of hydrogen-bond donors (Lipinski definition) is 1. The summed E-state index contributed by atoms with van der Waals surface area (Å²) in [6.07, 6.45) is 2.25. The number of rotatable bonds is 9. The number of amides is 2. The van der Waals surface area contributed by atoms with Crippen LogP contribution in [0.3, 0.4) is 0 Å². The molecule has 12 heteroatoms. The van der Waals surface area contributed by atoms with Crippen LogP contribution in [-0.4, -0.2) is 57.6 Å². The predicted molar refractivity (Wildman–Crippen MR) is 141 cm³/mol. The molecule has 2 amide bonds. The Labute approximate surface area is 234 Å². The first-order valence-electron chi connectivity index (χ1n) is 12.6. The lowest BCUT2D eigenvalue weighted by Crippen LogP contribution is -2.47. The van der Waals surface area contributed by atoms with Gasteiger partial charge in [0.2, 0.25) is 5.91 Å². The Hall–Kier alpha value is -3.80. The molecular formula is C28H27ClF2N4O5. The van der Waals surface area contributed by atoms with Crippen LogP contribution in [0.15, 0.2) is 66.6 Å². The lowest BCUT2D eigenvalue weighted by molar-refractivity contribution is -0.139. The van der Waals surface area contributed by atoms with Crippen LogP contribution in [0.4, 0.5) is 14.6 Å². The van der Waals surface area contributed by atoms with Gasteiger partial charge in [-0.25, -0.2) is 8.78 Å². The van der Waals surface area contributed by atoms with E-state index in [0.717, 1.165) is 12.1 Å². The van der Waals surface area contributed by atoms with Crippen molar-refractivity contribution in [3.63, 3.8) is 0 Å². The van der Waals surface area contributed by atoms with E-state index in [1.54, 1.807) is 41.2 Å². The largest absolute Gasteiger partial charge is 0.458 e. The van der Waals surface area contributed by atoms with Crippen LogP contribution in [0.2, 0.25) is 5.02 Å². The number of hydrogen-bond acceptors (Lipinski definition) is 6. The van der Waals surface area contributed by atoms with Crippen molar-refractivity contribution in [3.8, 4) is 5.75 Å². The number of nitrogens with one attached hydrogen (secondary N) is 1. The van der Waals surface area contributed by atoms with E-state index in [0.29, 0.717) is 23.9 Å². The third-order valence-corrected chi connectivity index (χ3v) is 6.77. The molecule has 40 heavy (non-hydrogen) atoms. The van der Waals surface area contributed by atoms with Gasteiger partial charge in [0.25, 0.3) is 5.91 Å². The monoisotopic (exact) mass is 572 g/mol. The summed E-state index contributed by atoms with van der Waals surface area (Å²) >= 11 is 6.17. The van der Waals surface area contributed by atoms with E-state index in [1.165, 1.54) is 17.0 Å². The normalized spacial score (nSPS) is 19.0. The lowest BCUT2D eigenvalue weighted by Gasteiger charge is -2.27. The van der Waals surface area contributed by atoms with Crippen molar-refractivity contribution in [1.82, 2.24) is 14.7 Å². The Morgan fingerprint density at radius 1 is 1.20 bits per heavy atom. The molecule has 2 unspecified atom stereocenters.